The molecule has 1 saturated carbocycles. The first-order chi connectivity index (χ1) is 17.0. The first kappa shape index (κ1) is 29.0. The number of nitrogens with zero attached hydrogens (tertiary/aromatic N) is 1. The van der Waals surface area contributed by atoms with Crippen molar-refractivity contribution < 1.29 is 32.6 Å². The zero-order chi connectivity index (χ0) is 27.8. The van der Waals surface area contributed by atoms with Gasteiger partial charge in [0.25, 0.3) is 0 Å². The van der Waals surface area contributed by atoms with E-state index in [1.807, 2.05) is 27.7 Å². The highest BCUT2D eigenvalue weighted by Gasteiger charge is 2.48. The summed E-state index contributed by atoms with van der Waals surface area (Å²) in [6, 6.07) is 3.90. The van der Waals surface area contributed by atoms with Crippen LogP contribution in [0.15, 0.2) is 30.0 Å². The van der Waals surface area contributed by atoms with Crippen LogP contribution in [-0.2, 0) is 27.7 Å². The molecular formula is C28H39F3N2O4. The minimum atomic E-state index is -4.54. The smallest absolute Gasteiger partial charge is 0.416 e. The molecule has 1 heterocycles. The monoisotopic (exact) mass is 524 g/mol. The van der Waals surface area contributed by atoms with E-state index in [0.29, 0.717) is 56.3 Å². The van der Waals surface area contributed by atoms with Crippen LogP contribution >= 0.6 is 0 Å². The molecule has 2 amide bonds. The van der Waals surface area contributed by atoms with Gasteiger partial charge in [0.05, 0.1) is 23.6 Å². The molecule has 0 spiro atoms. The van der Waals surface area contributed by atoms with Crippen molar-refractivity contribution in [3.63, 3.8) is 0 Å². The number of carboxylic acid groups (broad SMARTS) is 1. The van der Waals surface area contributed by atoms with E-state index >= 15 is 0 Å². The van der Waals surface area contributed by atoms with Crippen LogP contribution in [0.25, 0.3) is 0 Å². The molecule has 206 valence electrons. The summed E-state index contributed by atoms with van der Waals surface area (Å²) in [6.07, 6.45) is -0.274. The first-order valence-electron chi connectivity index (χ1n) is 12.8. The Bertz CT molecular complexity index is 1060. The van der Waals surface area contributed by atoms with Gasteiger partial charge in [-0.25, -0.2) is 4.79 Å². The predicted molar refractivity (Wildman–Crippen MR) is 135 cm³/mol. The van der Waals surface area contributed by atoms with Crippen molar-refractivity contribution >= 4 is 12.0 Å². The average molecular weight is 525 g/mol. The number of aliphatic carboxylic acids is 1. The standard InChI is InChI=1S/C28H39F3N2O4/c1-25(2,3)12-9-18-7-8-20(15-22(18)28(29,30)31)27(5)21(11-14-37-6)17-33(24(36)32-27)26(4)13-10-19(16-26)23(34)35/h7-8,15,17,19H,9-14,16H2,1-6H3,(H,32,36)(H,34,35)/t19?,26?,27-/m0/s1. The zero-order valence-corrected chi connectivity index (χ0v) is 22.6. The Morgan fingerprint density at radius 2 is 1.89 bits per heavy atom. The summed E-state index contributed by atoms with van der Waals surface area (Å²) in [5.41, 5.74) is -1.42. The van der Waals surface area contributed by atoms with Crippen molar-refractivity contribution in [1.29, 1.82) is 0 Å². The summed E-state index contributed by atoms with van der Waals surface area (Å²) in [6.45, 7) is 9.87. The largest absolute Gasteiger partial charge is 0.481 e. The summed E-state index contributed by atoms with van der Waals surface area (Å²) in [5.74, 6) is -1.43. The van der Waals surface area contributed by atoms with Gasteiger partial charge in [-0.3, -0.25) is 9.69 Å². The molecule has 0 saturated heterocycles. The number of methoxy groups -OCH3 is 1. The number of carbonyl (C=O) groups is 2. The zero-order valence-electron chi connectivity index (χ0n) is 22.6. The van der Waals surface area contributed by atoms with Crippen molar-refractivity contribution in [3.05, 3.63) is 46.7 Å². The fourth-order valence-corrected chi connectivity index (χ4v) is 5.41. The van der Waals surface area contributed by atoms with E-state index in [-0.39, 0.29) is 11.0 Å². The van der Waals surface area contributed by atoms with Crippen molar-refractivity contribution in [2.75, 3.05) is 13.7 Å². The quantitative estimate of drug-likeness (QED) is 0.408. The van der Waals surface area contributed by atoms with Crippen molar-refractivity contribution in [1.82, 2.24) is 10.2 Å². The highest BCUT2D eigenvalue weighted by Crippen LogP contribution is 2.44. The Morgan fingerprint density at radius 1 is 1.22 bits per heavy atom. The number of urea groups is 1. The third-order valence-electron chi connectivity index (χ3n) is 7.86. The molecule has 2 unspecified atom stereocenters. The Morgan fingerprint density at radius 3 is 2.43 bits per heavy atom. The van der Waals surface area contributed by atoms with Gasteiger partial charge in [0.15, 0.2) is 0 Å². The molecule has 0 radical (unpaired) electrons. The molecule has 9 heteroatoms. The average Bonchev–Trinajstić information content (AvgIpc) is 3.19. The SMILES string of the molecule is COCCC1=CN(C2(C)CCC(C(=O)O)C2)C(=O)N[C@@]1(C)c1ccc(CCC(C)(C)C)c(C(F)(F)F)c1. The fraction of sp³-hybridized carbons (Fsp3) is 0.643. The molecule has 1 fully saturated rings. The molecule has 2 N–H and O–H groups in total. The maximum Gasteiger partial charge on any atom is 0.416 e. The number of hydrogen-bond acceptors (Lipinski definition) is 3. The highest BCUT2D eigenvalue weighted by atomic mass is 19.4. The van der Waals surface area contributed by atoms with E-state index in [9.17, 15) is 27.9 Å². The maximum atomic E-state index is 14.2. The second-order valence-electron chi connectivity index (χ2n) is 12.0. The van der Waals surface area contributed by atoms with Crippen LogP contribution < -0.4 is 5.32 Å². The van der Waals surface area contributed by atoms with Crippen LogP contribution in [0, 0.1) is 11.3 Å². The molecule has 1 aliphatic heterocycles. The molecule has 3 rings (SSSR count). The van der Waals surface area contributed by atoms with Crippen molar-refractivity contribution in [2.45, 2.75) is 90.4 Å². The van der Waals surface area contributed by atoms with Crippen LogP contribution in [0.4, 0.5) is 18.0 Å². The van der Waals surface area contributed by atoms with Gasteiger partial charge in [-0.15, -0.1) is 0 Å². The van der Waals surface area contributed by atoms with Crippen LogP contribution in [0.2, 0.25) is 0 Å². The molecular weight excluding hydrogens is 485 g/mol. The number of aryl methyl sites for hydroxylation is 1. The molecule has 3 atom stereocenters. The summed E-state index contributed by atoms with van der Waals surface area (Å²) in [7, 11) is 1.54. The lowest BCUT2D eigenvalue weighted by molar-refractivity contribution is -0.142. The van der Waals surface area contributed by atoms with E-state index < -0.39 is 40.7 Å². The fourth-order valence-electron chi connectivity index (χ4n) is 5.41. The van der Waals surface area contributed by atoms with Gasteiger partial charge in [-0.1, -0.05) is 32.9 Å². The lowest BCUT2D eigenvalue weighted by atomic mass is 9.79. The van der Waals surface area contributed by atoms with Gasteiger partial charge in [0, 0.05) is 18.8 Å². The number of nitrogens with one attached hydrogen (secondary N) is 1. The summed E-state index contributed by atoms with van der Waals surface area (Å²) in [4.78, 5) is 26.5. The second-order valence-corrected chi connectivity index (χ2v) is 12.0. The number of carboxylic acids is 1. The molecule has 0 aromatic heterocycles. The Kier molecular flexibility index (Phi) is 8.08. The Hall–Kier alpha value is -2.55. The molecule has 0 bridgehead atoms. The number of alkyl halides is 3. The second kappa shape index (κ2) is 10.3. The van der Waals surface area contributed by atoms with Crippen molar-refractivity contribution in [3.8, 4) is 0 Å². The third-order valence-corrected chi connectivity index (χ3v) is 7.86. The van der Waals surface area contributed by atoms with E-state index in [1.165, 1.54) is 11.0 Å². The first-order valence-corrected chi connectivity index (χ1v) is 12.8. The maximum absolute atomic E-state index is 14.2. The Labute approximate surface area is 217 Å². The van der Waals surface area contributed by atoms with Gasteiger partial charge in [-0.05, 0) is 80.6 Å². The van der Waals surface area contributed by atoms with Crippen molar-refractivity contribution in [2.24, 2.45) is 11.3 Å². The molecule has 37 heavy (non-hydrogen) atoms. The third kappa shape index (κ3) is 6.30. The predicted octanol–water partition coefficient (Wildman–Crippen LogP) is 6.49. The lowest BCUT2D eigenvalue weighted by Gasteiger charge is -2.46. The minimum Gasteiger partial charge on any atom is -0.481 e. The minimum absolute atomic E-state index is 0.111. The van der Waals surface area contributed by atoms with Gasteiger partial charge in [0.2, 0.25) is 0 Å². The summed E-state index contributed by atoms with van der Waals surface area (Å²) >= 11 is 0. The number of amides is 2. The van der Waals surface area contributed by atoms with Crippen LogP contribution in [0.1, 0.15) is 83.4 Å². The van der Waals surface area contributed by atoms with Crippen LogP contribution in [0.3, 0.4) is 0 Å². The van der Waals surface area contributed by atoms with E-state index in [4.69, 9.17) is 4.74 Å². The van der Waals surface area contributed by atoms with Crippen LogP contribution in [0.5, 0.6) is 0 Å². The van der Waals surface area contributed by atoms with E-state index in [1.54, 1.807) is 26.3 Å². The van der Waals surface area contributed by atoms with Gasteiger partial charge in [0.1, 0.15) is 0 Å². The molecule has 1 aromatic rings. The number of carbonyl (C=O) groups excluding carboxylic acids is 1. The van der Waals surface area contributed by atoms with Gasteiger partial charge < -0.3 is 15.2 Å². The highest BCUT2D eigenvalue weighted by molar-refractivity contribution is 5.80. The van der Waals surface area contributed by atoms with E-state index in [0.717, 1.165) is 6.07 Å². The van der Waals surface area contributed by atoms with Crippen LogP contribution in [-0.4, -0.2) is 41.3 Å². The molecule has 1 aromatic carbocycles. The lowest BCUT2D eigenvalue weighted by Crippen LogP contribution is -2.59. The molecule has 6 nitrogen and oxygen atoms in total. The van der Waals surface area contributed by atoms with E-state index in [2.05, 4.69) is 5.32 Å². The number of benzene rings is 1. The number of ether oxygens (including phenoxy) is 1. The number of hydrogen-bond donors (Lipinski definition) is 2. The number of halogens is 3. The normalized spacial score (nSPS) is 26.7. The molecule has 2 aliphatic rings. The summed E-state index contributed by atoms with van der Waals surface area (Å²) in [5, 5.41) is 12.4. The molecule has 1 aliphatic carbocycles. The van der Waals surface area contributed by atoms with Gasteiger partial charge >= 0.3 is 18.2 Å². The topological polar surface area (TPSA) is 78.9 Å². The Balaban J connectivity index is 2.05. The number of rotatable bonds is 8. The summed E-state index contributed by atoms with van der Waals surface area (Å²) < 4.78 is 47.7. The van der Waals surface area contributed by atoms with Gasteiger partial charge in [-0.2, -0.15) is 13.2 Å².